The van der Waals surface area contributed by atoms with Gasteiger partial charge in [-0.15, -0.1) is 0 Å². The zero-order chi connectivity index (χ0) is 13.0. The number of nitriles is 1. The monoisotopic (exact) mass is 244 g/mol. The van der Waals surface area contributed by atoms with Crippen molar-refractivity contribution >= 4 is 5.91 Å². The standard InChI is InChI=1S/C13H16N4O/c1-16-8-9-17(13(18)12(16)2-5-14)10-11-3-6-15-7-4-11/h3-4,6-7,12H,2,8-10H2,1H3. The number of likely N-dealkylation sites (N-methyl/N-ethyl adjacent to an activating group) is 1. The Kier molecular flexibility index (Phi) is 3.90. The zero-order valence-corrected chi connectivity index (χ0v) is 10.4. The summed E-state index contributed by atoms with van der Waals surface area (Å²) in [7, 11) is 1.89. The molecule has 2 rings (SSSR count). The van der Waals surface area contributed by atoms with E-state index in [2.05, 4.69) is 11.1 Å². The first-order valence-electron chi connectivity index (χ1n) is 5.97. The fourth-order valence-corrected chi connectivity index (χ4v) is 2.14. The van der Waals surface area contributed by atoms with Crippen LogP contribution in [-0.2, 0) is 11.3 Å². The third-order valence-corrected chi connectivity index (χ3v) is 3.26. The van der Waals surface area contributed by atoms with E-state index in [1.807, 2.05) is 29.0 Å². The van der Waals surface area contributed by atoms with E-state index in [-0.39, 0.29) is 18.4 Å². The summed E-state index contributed by atoms with van der Waals surface area (Å²) in [5.74, 6) is 0.0436. The molecular weight excluding hydrogens is 228 g/mol. The number of hydrogen-bond donors (Lipinski definition) is 0. The maximum absolute atomic E-state index is 12.2. The van der Waals surface area contributed by atoms with Crippen LogP contribution >= 0.6 is 0 Å². The van der Waals surface area contributed by atoms with E-state index in [1.165, 1.54) is 0 Å². The molecule has 18 heavy (non-hydrogen) atoms. The molecule has 1 fully saturated rings. The van der Waals surface area contributed by atoms with Crippen molar-refractivity contribution < 1.29 is 4.79 Å². The van der Waals surface area contributed by atoms with E-state index in [4.69, 9.17) is 5.26 Å². The smallest absolute Gasteiger partial charge is 0.241 e. The molecule has 0 aliphatic carbocycles. The van der Waals surface area contributed by atoms with Crippen molar-refractivity contribution in [1.82, 2.24) is 14.8 Å². The summed E-state index contributed by atoms with van der Waals surface area (Å²) in [4.78, 5) is 20.0. The Morgan fingerprint density at radius 1 is 1.44 bits per heavy atom. The van der Waals surface area contributed by atoms with Gasteiger partial charge < -0.3 is 4.90 Å². The zero-order valence-electron chi connectivity index (χ0n) is 10.4. The van der Waals surface area contributed by atoms with Crippen LogP contribution < -0.4 is 0 Å². The molecule has 1 aliphatic rings. The lowest BCUT2D eigenvalue weighted by molar-refractivity contribution is -0.141. The lowest BCUT2D eigenvalue weighted by Gasteiger charge is -2.37. The Morgan fingerprint density at radius 2 is 2.17 bits per heavy atom. The molecule has 0 N–H and O–H groups in total. The van der Waals surface area contributed by atoms with Gasteiger partial charge in [0.1, 0.15) is 6.04 Å². The predicted molar refractivity (Wildman–Crippen MR) is 66.3 cm³/mol. The van der Waals surface area contributed by atoms with Crippen LogP contribution in [-0.4, -0.2) is 46.9 Å². The minimum absolute atomic E-state index is 0.0436. The number of rotatable bonds is 3. The SMILES string of the molecule is CN1CCN(Cc2ccncc2)C(=O)C1CC#N. The Labute approximate surface area is 107 Å². The molecule has 1 atom stereocenters. The largest absolute Gasteiger partial charge is 0.336 e. The fourth-order valence-electron chi connectivity index (χ4n) is 2.14. The topological polar surface area (TPSA) is 60.2 Å². The number of amides is 1. The highest BCUT2D eigenvalue weighted by molar-refractivity contribution is 5.82. The summed E-state index contributed by atoms with van der Waals surface area (Å²) in [5.41, 5.74) is 1.07. The summed E-state index contributed by atoms with van der Waals surface area (Å²) >= 11 is 0. The van der Waals surface area contributed by atoms with Gasteiger partial charge in [-0.25, -0.2) is 0 Å². The van der Waals surface area contributed by atoms with E-state index in [0.717, 1.165) is 12.1 Å². The average molecular weight is 244 g/mol. The van der Waals surface area contributed by atoms with Gasteiger partial charge in [-0.1, -0.05) is 0 Å². The second-order valence-corrected chi connectivity index (χ2v) is 4.47. The van der Waals surface area contributed by atoms with Crippen molar-refractivity contribution in [2.24, 2.45) is 0 Å². The molecule has 5 heteroatoms. The normalized spacial score (nSPS) is 20.8. The molecule has 1 unspecified atom stereocenters. The molecule has 1 amide bonds. The lowest BCUT2D eigenvalue weighted by Crippen LogP contribution is -2.54. The van der Waals surface area contributed by atoms with Gasteiger partial charge in [0.2, 0.25) is 5.91 Å². The molecule has 0 saturated carbocycles. The van der Waals surface area contributed by atoms with Crippen LogP contribution in [0.1, 0.15) is 12.0 Å². The second kappa shape index (κ2) is 5.61. The third-order valence-electron chi connectivity index (χ3n) is 3.26. The predicted octanol–water partition coefficient (Wildman–Crippen LogP) is 0.638. The minimum Gasteiger partial charge on any atom is -0.336 e. The third kappa shape index (κ3) is 2.66. The highest BCUT2D eigenvalue weighted by Crippen LogP contribution is 2.15. The Bertz CT molecular complexity index is 454. The van der Waals surface area contributed by atoms with Gasteiger partial charge in [0, 0.05) is 32.0 Å². The first-order chi connectivity index (χ1) is 8.72. The minimum atomic E-state index is -0.300. The Morgan fingerprint density at radius 3 is 2.83 bits per heavy atom. The van der Waals surface area contributed by atoms with Gasteiger partial charge in [0.05, 0.1) is 12.5 Å². The first kappa shape index (κ1) is 12.5. The molecule has 94 valence electrons. The molecular formula is C13H16N4O. The Balaban J connectivity index is 2.06. The van der Waals surface area contributed by atoms with Gasteiger partial charge in [-0.3, -0.25) is 14.7 Å². The van der Waals surface area contributed by atoms with Crippen molar-refractivity contribution in [3.63, 3.8) is 0 Å². The van der Waals surface area contributed by atoms with Gasteiger partial charge in [-0.05, 0) is 24.7 Å². The van der Waals surface area contributed by atoms with E-state index in [0.29, 0.717) is 13.1 Å². The van der Waals surface area contributed by atoms with Crippen molar-refractivity contribution in [2.45, 2.75) is 19.0 Å². The summed E-state index contributed by atoms with van der Waals surface area (Å²) < 4.78 is 0. The number of pyridine rings is 1. The molecule has 5 nitrogen and oxygen atoms in total. The molecule has 1 saturated heterocycles. The van der Waals surface area contributed by atoms with Crippen molar-refractivity contribution in [3.8, 4) is 6.07 Å². The van der Waals surface area contributed by atoms with Gasteiger partial charge in [0.25, 0.3) is 0 Å². The van der Waals surface area contributed by atoms with Crippen molar-refractivity contribution in [3.05, 3.63) is 30.1 Å². The van der Waals surface area contributed by atoms with Gasteiger partial charge >= 0.3 is 0 Å². The lowest BCUT2D eigenvalue weighted by atomic mass is 10.1. The van der Waals surface area contributed by atoms with Crippen LogP contribution in [0.25, 0.3) is 0 Å². The molecule has 2 heterocycles. The van der Waals surface area contributed by atoms with Crippen LogP contribution in [0.2, 0.25) is 0 Å². The average Bonchev–Trinajstić information content (AvgIpc) is 2.39. The fraction of sp³-hybridized carbons (Fsp3) is 0.462. The summed E-state index contributed by atoms with van der Waals surface area (Å²) in [6.07, 6.45) is 3.70. The number of carbonyl (C=O) groups is 1. The maximum Gasteiger partial charge on any atom is 0.241 e. The van der Waals surface area contributed by atoms with Crippen LogP contribution in [0.15, 0.2) is 24.5 Å². The molecule has 1 aromatic heterocycles. The number of nitrogens with zero attached hydrogens (tertiary/aromatic N) is 4. The van der Waals surface area contributed by atoms with Crippen LogP contribution in [0.3, 0.4) is 0 Å². The molecule has 0 spiro atoms. The molecule has 0 bridgehead atoms. The number of piperazine rings is 1. The summed E-state index contributed by atoms with van der Waals surface area (Å²) in [6, 6.07) is 5.60. The van der Waals surface area contributed by atoms with Crippen molar-refractivity contribution in [1.29, 1.82) is 5.26 Å². The quantitative estimate of drug-likeness (QED) is 0.782. The van der Waals surface area contributed by atoms with Crippen LogP contribution in [0.5, 0.6) is 0 Å². The van der Waals surface area contributed by atoms with Crippen molar-refractivity contribution in [2.75, 3.05) is 20.1 Å². The Hall–Kier alpha value is -1.93. The maximum atomic E-state index is 12.2. The van der Waals surface area contributed by atoms with E-state index < -0.39 is 0 Å². The highest BCUT2D eigenvalue weighted by atomic mass is 16.2. The number of aromatic nitrogens is 1. The van der Waals surface area contributed by atoms with E-state index in [9.17, 15) is 4.79 Å². The molecule has 1 aliphatic heterocycles. The molecule has 1 aromatic rings. The summed E-state index contributed by atoms with van der Waals surface area (Å²) in [6.45, 7) is 2.11. The molecule has 0 aromatic carbocycles. The number of carbonyl (C=O) groups excluding carboxylic acids is 1. The first-order valence-corrected chi connectivity index (χ1v) is 5.97. The van der Waals surface area contributed by atoms with E-state index >= 15 is 0 Å². The van der Waals surface area contributed by atoms with Gasteiger partial charge in [-0.2, -0.15) is 5.26 Å². The van der Waals surface area contributed by atoms with Gasteiger partial charge in [0.15, 0.2) is 0 Å². The van der Waals surface area contributed by atoms with Crippen LogP contribution in [0, 0.1) is 11.3 Å². The molecule has 0 radical (unpaired) electrons. The highest BCUT2D eigenvalue weighted by Gasteiger charge is 2.32. The summed E-state index contributed by atoms with van der Waals surface area (Å²) in [5, 5.41) is 8.77. The van der Waals surface area contributed by atoms with E-state index in [1.54, 1.807) is 12.4 Å². The second-order valence-electron chi connectivity index (χ2n) is 4.47. The van der Waals surface area contributed by atoms with Crippen LogP contribution in [0.4, 0.5) is 0 Å². The number of hydrogen-bond acceptors (Lipinski definition) is 4.